The predicted molar refractivity (Wildman–Crippen MR) is 133 cm³/mol. The van der Waals surface area contributed by atoms with E-state index in [2.05, 4.69) is 16.2 Å². The van der Waals surface area contributed by atoms with Gasteiger partial charge in [-0.15, -0.1) is 0 Å². The van der Waals surface area contributed by atoms with Crippen LogP contribution in [0.5, 0.6) is 0 Å². The Bertz CT molecular complexity index is 1260. The number of hydrogen-bond acceptors (Lipinski definition) is 6. The monoisotopic (exact) mass is 506 g/mol. The van der Waals surface area contributed by atoms with Crippen LogP contribution in [0.1, 0.15) is 30.0 Å². The van der Waals surface area contributed by atoms with Crippen molar-refractivity contribution in [3.63, 3.8) is 0 Å². The lowest BCUT2D eigenvalue weighted by Gasteiger charge is -2.38. The summed E-state index contributed by atoms with van der Waals surface area (Å²) in [5.41, 5.74) is -0.0675. The zero-order chi connectivity index (χ0) is 26.3. The fourth-order valence-corrected chi connectivity index (χ4v) is 4.40. The summed E-state index contributed by atoms with van der Waals surface area (Å²) >= 11 is 0. The lowest BCUT2D eigenvalue weighted by atomic mass is 9.77. The lowest BCUT2D eigenvalue weighted by Crippen LogP contribution is -2.42. The van der Waals surface area contributed by atoms with Crippen molar-refractivity contribution in [3.8, 4) is 6.07 Å². The van der Waals surface area contributed by atoms with Gasteiger partial charge in [-0.2, -0.15) is 10.4 Å². The van der Waals surface area contributed by atoms with E-state index in [1.807, 2.05) is 37.3 Å². The summed E-state index contributed by atoms with van der Waals surface area (Å²) in [7, 11) is 0. The van der Waals surface area contributed by atoms with Crippen molar-refractivity contribution in [3.05, 3.63) is 102 Å². The first-order valence-electron chi connectivity index (χ1n) is 12.0. The largest absolute Gasteiger partial charge is 0.383 e. The second kappa shape index (κ2) is 12.0. The third-order valence-electron chi connectivity index (χ3n) is 6.47. The Labute approximate surface area is 214 Å². The number of ether oxygens (including phenoxy) is 2. The Balaban J connectivity index is 1.35. The molecule has 2 atom stereocenters. The number of hydrogen-bond donors (Lipinski definition) is 1. The number of aromatic nitrogens is 3. The standard InChI is InChI=1S/C28H28F2N4O3/c1-20(28(35,17-34-19-32-18-33-34)25-11-10-24(29)13-26(25)30)12-23-15-36-27(37-16-23)5-3-2-4-21-6-8-22(14-31)9-7-21/h2-11,13,18-20,23,27,35H,12,15-17H2,1H3/b4-2+,5-3+/t20-,23?,27?,28+/m0/s1. The molecule has 0 saturated carbocycles. The maximum atomic E-state index is 14.7. The number of nitrogens with zero attached hydrogens (tertiary/aromatic N) is 4. The highest BCUT2D eigenvalue weighted by Gasteiger charge is 2.40. The van der Waals surface area contributed by atoms with Gasteiger partial charge < -0.3 is 14.6 Å². The molecule has 0 radical (unpaired) electrons. The van der Waals surface area contributed by atoms with Crippen LogP contribution >= 0.6 is 0 Å². The van der Waals surface area contributed by atoms with Gasteiger partial charge in [0.05, 0.1) is 31.4 Å². The lowest BCUT2D eigenvalue weighted by molar-refractivity contribution is -0.181. The molecule has 7 nitrogen and oxygen atoms in total. The molecule has 0 spiro atoms. The third-order valence-corrected chi connectivity index (χ3v) is 6.47. The van der Waals surface area contributed by atoms with Gasteiger partial charge in [0, 0.05) is 17.5 Å². The van der Waals surface area contributed by atoms with E-state index in [1.54, 1.807) is 18.2 Å². The molecule has 1 aromatic heterocycles. The number of halogens is 2. The van der Waals surface area contributed by atoms with Crippen molar-refractivity contribution < 1.29 is 23.4 Å². The SMILES string of the molecule is C[C@@H](CC1COC(/C=C/C=C/c2ccc(C#N)cc2)OC1)[C@](O)(Cn1cncn1)c1ccc(F)cc1F. The summed E-state index contributed by atoms with van der Waals surface area (Å²) in [4.78, 5) is 3.90. The van der Waals surface area contributed by atoms with E-state index >= 15 is 0 Å². The molecule has 0 amide bonds. The van der Waals surface area contributed by atoms with Crippen LogP contribution in [-0.4, -0.2) is 39.4 Å². The number of allylic oxidation sites excluding steroid dienone is 2. The summed E-state index contributed by atoms with van der Waals surface area (Å²) in [6, 6.07) is 12.5. The molecule has 2 aromatic carbocycles. The van der Waals surface area contributed by atoms with E-state index in [9.17, 15) is 13.9 Å². The summed E-state index contributed by atoms with van der Waals surface area (Å²) in [6.45, 7) is 2.59. The second-order valence-electron chi connectivity index (χ2n) is 9.16. The van der Waals surface area contributed by atoms with Gasteiger partial charge in [-0.3, -0.25) is 0 Å². The Morgan fingerprint density at radius 2 is 1.95 bits per heavy atom. The molecule has 0 bridgehead atoms. The highest BCUT2D eigenvalue weighted by molar-refractivity contribution is 5.52. The molecule has 1 aliphatic rings. The van der Waals surface area contributed by atoms with Gasteiger partial charge in [-0.25, -0.2) is 18.4 Å². The van der Waals surface area contributed by atoms with E-state index in [0.717, 1.165) is 17.7 Å². The first kappa shape index (κ1) is 26.4. The van der Waals surface area contributed by atoms with Crippen LogP contribution in [0.15, 0.2) is 73.3 Å². The average molecular weight is 507 g/mol. The molecular formula is C28H28F2N4O3. The molecular weight excluding hydrogens is 478 g/mol. The molecule has 192 valence electrons. The van der Waals surface area contributed by atoms with Crippen LogP contribution in [-0.2, 0) is 21.6 Å². The second-order valence-corrected chi connectivity index (χ2v) is 9.16. The smallest absolute Gasteiger partial charge is 0.177 e. The van der Waals surface area contributed by atoms with E-state index in [-0.39, 0.29) is 18.0 Å². The highest BCUT2D eigenvalue weighted by Crippen LogP contribution is 2.37. The van der Waals surface area contributed by atoms with Gasteiger partial charge in [0.1, 0.15) is 29.9 Å². The Kier molecular flexibility index (Phi) is 8.56. The summed E-state index contributed by atoms with van der Waals surface area (Å²) in [5.74, 6) is -1.99. The Hall–Kier alpha value is -3.71. The van der Waals surface area contributed by atoms with Crippen molar-refractivity contribution in [1.82, 2.24) is 14.8 Å². The number of aliphatic hydroxyl groups is 1. The number of nitriles is 1. The zero-order valence-electron chi connectivity index (χ0n) is 20.4. The molecule has 3 aromatic rings. The third kappa shape index (κ3) is 6.74. The Morgan fingerprint density at radius 3 is 2.59 bits per heavy atom. The average Bonchev–Trinajstić information content (AvgIpc) is 3.40. The summed E-state index contributed by atoms with van der Waals surface area (Å²) in [5, 5.41) is 24.6. The van der Waals surface area contributed by atoms with E-state index in [1.165, 1.54) is 23.4 Å². The normalized spacial score (nSPS) is 20.6. The van der Waals surface area contributed by atoms with Crippen molar-refractivity contribution in [2.45, 2.75) is 31.8 Å². The van der Waals surface area contributed by atoms with Crippen LogP contribution in [0.2, 0.25) is 0 Å². The maximum absolute atomic E-state index is 14.7. The fourth-order valence-electron chi connectivity index (χ4n) is 4.40. The molecule has 1 N–H and O–H groups in total. The highest BCUT2D eigenvalue weighted by atomic mass is 19.1. The molecule has 0 unspecified atom stereocenters. The van der Waals surface area contributed by atoms with Gasteiger partial charge in [-0.05, 0) is 42.2 Å². The first-order chi connectivity index (χ1) is 17.9. The minimum Gasteiger partial charge on any atom is -0.383 e. The summed E-state index contributed by atoms with van der Waals surface area (Å²) < 4.78 is 41.4. The molecule has 9 heteroatoms. The van der Waals surface area contributed by atoms with E-state index in [4.69, 9.17) is 14.7 Å². The van der Waals surface area contributed by atoms with Crippen molar-refractivity contribution in [2.24, 2.45) is 11.8 Å². The van der Waals surface area contributed by atoms with Gasteiger partial charge in [0.15, 0.2) is 6.29 Å². The summed E-state index contributed by atoms with van der Waals surface area (Å²) in [6.07, 6.45) is 10.2. The number of rotatable bonds is 9. The van der Waals surface area contributed by atoms with Crippen LogP contribution in [0.4, 0.5) is 8.78 Å². The molecule has 37 heavy (non-hydrogen) atoms. The molecule has 2 heterocycles. The van der Waals surface area contributed by atoms with Crippen LogP contribution in [0.3, 0.4) is 0 Å². The first-order valence-corrected chi connectivity index (χ1v) is 12.0. The number of benzene rings is 2. The van der Waals surface area contributed by atoms with Crippen molar-refractivity contribution in [1.29, 1.82) is 5.26 Å². The molecule has 4 rings (SSSR count). The van der Waals surface area contributed by atoms with Crippen LogP contribution < -0.4 is 0 Å². The van der Waals surface area contributed by atoms with Gasteiger partial charge in [0.2, 0.25) is 0 Å². The minimum atomic E-state index is -1.65. The predicted octanol–water partition coefficient (Wildman–Crippen LogP) is 4.60. The minimum absolute atomic E-state index is 0.00408. The molecule has 1 fully saturated rings. The molecule has 0 aliphatic carbocycles. The van der Waals surface area contributed by atoms with Gasteiger partial charge in [0.25, 0.3) is 0 Å². The van der Waals surface area contributed by atoms with E-state index in [0.29, 0.717) is 25.2 Å². The van der Waals surface area contributed by atoms with Gasteiger partial charge in [-0.1, -0.05) is 43.4 Å². The fraction of sp³-hybridized carbons (Fsp3) is 0.321. The zero-order valence-corrected chi connectivity index (χ0v) is 20.4. The molecule has 1 aliphatic heterocycles. The maximum Gasteiger partial charge on any atom is 0.177 e. The van der Waals surface area contributed by atoms with Crippen LogP contribution in [0, 0.1) is 34.8 Å². The Morgan fingerprint density at radius 1 is 1.19 bits per heavy atom. The van der Waals surface area contributed by atoms with Crippen molar-refractivity contribution >= 4 is 6.08 Å². The quantitative estimate of drug-likeness (QED) is 0.427. The molecule has 1 saturated heterocycles. The van der Waals surface area contributed by atoms with Crippen molar-refractivity contribution in [2.75, 3.05) is 13.2 Å². The van der Waals surface area contributed by atoms with Gasteiger partial charge >= 0.3 is 0 Å². The topological polar surface area (TPSA) is 93.2 Å². The van der Waals surface area contributed by atoms with Crippen LogP contribution in [0.25, 0.3) is 6.08 Å². The van der Waals surface area contributed by atoms with E-state index < -0.39 is 29.4 Å².